The Morgan fingerprint density at radius 1 is 1.17 bits per heavy atom. The first-order valence-electron chi connectivity index (χ1n) is 8.31. The number of nitrogens with zero attached hydrogens (tertiary/aromatic N) is 3. The standard InChI is InChI=1S/C18H21N3O2/c1-3-7-14(8-4-1)17-19-18(23-20-17)16-13-22-12-11-21(16)15-9-5-2-6-10-15/h1,3-5,7-9,15-16H,2,6,10-13H2/t15-,16-/m0/s1. The van der Waals surface area contributed by atoms with E-state index in [2.05, 4.69) is 27.2 Å². The van der Waals surface area contributed by atoms with Crippen LogP contribution in [0, 0.1) is 0 Å². The van der Waals surface area contributed by atoms with Crippen LogP contribution in [0.3, 0.4) is 0 Å². The fraction of sp³-hybridized carbons (Fsp3) is 0.444. The summed E-state index contributed by atoms with van der Waals surface area (Å²) in [5, 5.41) is 4.15. The molecule has 2 heterocycles. The third-order valence-corrected chi connectivity index (χ3v) is 4.58. The number of benzene rings is 1. The van der Waals surface area contributed by atoms with Gasteiger partial charge in [-0.1, -0.05) is 47.6 Å². The molecule has 1 aromatic carbocycles. The van der Waals surface area contributed by atoms with E-state index < -0.39 is 0 Å². The zero-order chi connectivity index (χ0) is 15.5. The van der Waals surface area contributed by atoms with Crippen molar-refractivity contribution in [3.8, 4) is 11.4 Å². The molecule has 0 unspecified atom stereocenters. The fourth-order valence-electron chi connectivity index (χ4n) is 3.37. The minimum Gasteiger partial charge on any atom is -0.378 e. The maximum atomic E-state index is 5.68. The molecule has 4 rings (SSSR count). The monoisotopic (exact) mass is 311 g/mol. The second kappa shape index (κ2) is 6.64. The summed E-state index contributed by atoms with van der Waals surface area (Å²) >= 11 is 0. The first-order valence-corrected chi connectivity index (χ1v) is 8.31. The van der Waals surface area contributed by atoms with Gasteiger partial charge in [-0.2, -0.15) is 4.98 Å². The Labute approximate surface area is 135 Å². The van der Waals surface area contributed by atoms with E-state index in [-0.39, 0.29) is 6.04 Å². The lowest BCUT2D eigenvalue weighted by Crippen LogP contribution is -2.45. The molecule has 0 saturated carbocycles. The SMILES string of the molecule is C1=C[C@H](N2CCOC[C@H]2c2nc(-c3ccccc3)no2)CCC1. The molecule has 0 N–H and O–H groups in total. The van der Waals surface area contributed by atoms with Crippen molar-refractivity contribution in [3.63, 3.8) is 0 Å². The Morgan fingerprint density at radius 3 is 2.91 bits per heavy atom. The van der Waals surface area contributed by atoms with E-state index in [4.69, 9.17) is 9.26 Å². The van der Waals surface area contributed by atoms with E-state index >= 15 is 0 Å². The van der Waals surface area contributed by atoms with E-state index in [0.29, 0.717) is 24.4 Å². The molecule has 1 aromatic heterocycles. The van der Waals surface area contributed by atoms with Crippen molar-refractivity contribution in [2.75, 3.05) is 19.8 Å². The average molecular weight is 311 g/mol. The maximum Gasteiger partial charge on any atom is 0.246 e. The highest BCUT2D eigenvalue weighted by atomic mass is 16.5. The highest BCUT2D eigenvalue weighted by Crippen LogP contribution is 2.30. The van der Waals surface area contributed by atoms with Crippen LogP contribution in [0.5, 0.6) is 0 Å². The summed E-state index contributed by atoms with van der Waals surface area (Å²) in [4.78, 5) is 7.07. The summed E-state index contributed by atoms with van der Waals surface area (Å²) in [6.07, 6.45) is 8.21. The first-order chi connectivity index (χ1) is 11.4. The van der Waals surface area contributed by atoms with E-state index in [1.807, 2.05) is 30.3 Å². The predicted molar refractivity (Wildman–Crippen MR) is 86.8 cm³/mol. The van der Waals surface area contributed by atoms with Crippen LogP contribution < -0.4 is 0 Å². The Hall–Kier alpha value is -1.98. The van der Waals surface area contributed by atoms with Crippen molar-refractivity contribution < 1.29 is 9.26 Å². The molecule has 120 valence electrons. The number of morpholine rings is 1. The molecule has 2 aromatic rings. The summed E-state index contributed by atoms with van der Waals surface area (Å²) in [5.74, 6) is 1.30. The summed E-state index contributed by atoms with van der Waals surface area (Å²) in [6, 6.07) is 10.4. The number of hydrogen-bond donors (Lipinski definition) is 0. The minimum absolute atomic E-state index is 0.0430. The second-order valence-corrected chi connectivity index (χ2v) is 6.08. The summed E-state index contributed by atoms with van der Waals surface area (Å²) in [6.45, 7) is 2.28. The molecule has 2 aliphatic rings. The topological polar surface area (TPSA) is 51.4 Å². The van der Waals surface area contributed by atoms with E-state index in [1.54, 1.807) is 0 Å². The zero-order valence-corrected chi connectivity index (χ0v) is 13.1. The Morgan fingerprint density at radius 2 is 2.09 bits per heavy atom. The van der Waals surface area contributed by atoms with E-state index in [9.17, 15) is 0 Å². The van der Waals surface area contributed by atoms with Gasteiger partial charge in [-0.25, -0.2) is 0 Å². The van der Waals surface area contributed by atoms with Crippen molar-refractivity contribution in [2.45, 2.75) is 31.3 Å². The molecular weight excluding hydrogens is 290 g/mol. The Kier molecular flexibility index (Phi) is 4.22. The van der Waals surface area contributed by atoms with Gasteiger partial charge < -0.3 is 9.26 Å². The zero-order valence-electron chi connectivity index (χ0n) is 13.1. The minimum atomic E-state index is 0.0430. The van der Waals surface area contributed by atoms with Crippen LogP contribution in [-0.4, -0.2) is 40.8 Å². The Bertz CT molecular complexity index is 668. The van der Waals surface area contributed by atoms with Gasteiger partial charge in [0.1, 0.15) is 6.04 Å². The lowest BCUT2D eigenvalue weighted by atomic mass is 9.99. The van der Waals surface area contributed by atoms with Crippen LogP contribution in [0.1, 0.15) is 31.2 Å². The third-order valence-electron chi connectivity index (χ3n) is 4.58. The molecule has 23 heavy (non-hydrogen) atoms. The fourth-order valence-corrected chi connectivity index (χ4v) is 3.37. The maximum absolute atomic E-state index is 5.68. The molecule has 1 fully saturated rings. The molecule has 0 radical (unpaired) electrons. The van der Waals surface area contributed by atoms with Gasteiger partial charge in [-0.05, 0) is 19.3 Å². The van der Waals surface area contributed by atoms with Crippen LogP contribution in [0.15, 0.2) is 47.0 Å². The largest absolute Gasteiger partial charge is 0.378 e. The van der Waals surface area contributed by atoms with Gasteiger partial charge in [0.2, 0.25) is 11.7 Å². The number of aromatic nitrogens is 2. The van der Waals surface area contributed by atoms with Crippen molar-refractivity contribution in [3.05, 3.63) is 48.4 Å². The van der Waals surface area contributed by atoms with Gasteiger partial charge >= 0.3 is 0 Å². The normalized spacial score (nSPS) is 25.6. The molecule has 0 amide bonds. The van der Waals surface area contributed by atoms with Gasteiger partial charge in [0.15, 0.2) is 0 Å². The van der Waals surface area contributed by atoms with E-state index in [0.717, 1.165) is 18.7 Å². The average Bonchev–Trinajstić information content (AvgIpc) is 3.13. The highest BCUT2D eigenvalue weighted by Gasteiger charge is 2.33. The van der Waals surface area contributed by atoms with E-state index in [1.165, 1.54) is 19.3 Å². The van der Waals surface area contributed by atoms with Gasteiger partial charge in [0, 0.05) is 18.2 Å². The van der Waals surface area contributed by atoms with Crippen LogP contribution in [0.25, 0.3) is 11.4 Å². The van der Waals surface area contributed by atoms with Crippen molar-refractivity contribution in [1.29, 1.82) is 0 Å². The summed E-state index contributed by atoms with van der Waals surface area (Å²) < 4.78 is 11.3. The van der Waals surface area contributed by atoms with Gasteiger partial charge in [0.25, 0.3) is 0 Å². The molecule has 5 heteroatoms. The second-order valence-electron chi connectivity index (χ2n) is 6.08. The van der Waals surface area contributed by atoms with Gasteiger partial charge in [-0.15, -0.1) is 0 Å². The molecule has 1 aliphatic heterocycles. The van der Waals surface area contributed by atoms with Crippen molar-refractivity contribution in [1.82, 2.24) is 15.0 Å². The number of hydrogen-bond acceptors (Lipinski definition) is 5. The lowest BCUT2D eigenvalue weighted by Gasteiger charge is -2.39. The summed E-state index contributed by atoms with van der Waals surface area (Å²) in [7, 11) is 0. The number of rotatable bonds is 3. The third kappa shape index (κ3) is 3.07. The van der Waals surface area contributed by atoms with Crippen molar-refractivity contribution in [2.24, 2.45) is 0 Å². The quantitative estimate of drug-likeness (QED) is 0.815. The lowest BCUT2D eigenvalue weighted by molar-refractivity contribution is -0.0346. The van der Waals surface area contributed by atoms with Gasteiger partial charge in [-0.3, -0.25) is 4.90 Å². The van der Waals surface area contributed by atoms with Crippen LogP contribution in [0.4, 0.5) is 0 Å². The molecular formula is C18H21N3O2. The molecule has 0 spiro atoms. The van der Waals surface area contributed by atoms with Crippen LogP contribution in [0.2, 0.25) is 0 Å². The highest BCUT2D eigenvalue weighted by molar-refractivity contribution is 5.53. The number of ether oxygens (including phenoxy) is 1. The summed E-state index contributed by atoms with van der Waals surface area (Å²) in [5.41, 5.74) is 0.975. The first kappa shape index (κ1) is 14.6. The molecule has 1 saturated heterocycles. The molecule has 2 atom stereocenters. The molecule has 5 nitrogen and oxygen atoms in total. The van der Waals surface area contributed by atoms with Crippen molar-refractivity contribution >= 4 is 0 Å². The molecule has 0 bridgehead atoms. The Balaban J connectivity index is 1.59. The van der Waals surface area contributed by atoms with Gasteiger partial charge in [0.05, 0.1) is 13.2 Å². The predicted octanol–water partition coefficient (Wildman–Crippen LogP) is 3.22. The van der Waals surface area contributed by atoms with Crippen LogP contribution >= 0.6 is 0 Å². The number of allylic oxidation sites excluding steroid dienone is 1. The smallest absolute Gasteiger partial charge is 0.246 e. The van der Waals surface area contributed by atoms with Crippen LogP contribution in [-0.2, 0) is 4.74 Å². The molecule has 1 aliphatic carbocycles.